The SMILES string of the molecule is CCOc1cccc(N2C(=O)C(=O)/C(=C(/O)c3cccc(Cl)c3)C2c2ccccc2C)c1. The third kappa shape index (κ3) is 3.87. The van der Waals surface area contributed by atoms with Crippen LogP contribution < -0.4 is 9.64 Å². The second-order valence-electron chi connectivity index (χ2n) is 7.47. The summed E-state index contributed by atoms with van der Waals surface area (Å²) in [6.45, 7) is 4.25. The van der Waals surface area contributed by atoms with E-state index in [-0.39, 0.29) is 11.3 Å². The number of Topliss-reactive ketones (excluding diaryl/α,β-unsaturated/α-hetero) is 1. The summed E-state index contributed by atoms with van der Waals surface area (Å²) in [6.07, 6.45) is 0. The van der Waals surface area contributed by atoms with Crippen LogP contribution in [0.15, 0.2) is 78.4 Å². The Morgan fingerprint density at radius 1 is 1.03 bits per heavy atom. The maximum atomic E-state index is 13.2. The molecule has 0 saturated carbocycles. The van der Waals surface area contributed by atoms with Gasteiger partial charge < -0.3 is 9.84 Å². The van der Waals surface area contributed by atoms with Gasteiger partial charge in [-0.1, -0.05) is 54.1 Å². The lowest BCUT2D eigenvalue weighted by Crippen LogP contribution is -2.29. The molecule has 0 bridgehead atoms. The van der Waals surface area contributed by atoms with Crippen LogP contribution >= 0.6 is 11.6 Å². The highest BCUT2D eigenvalue weighted by Gasteiger charge is 2.47. The molecule has 0 aromatic heterocycles. The molecule has 3 aromatic rings. The summed E-state index contributed by atoms with van der Waals surface area (Å²) in [5.74, 6) is -1.14. The molecule has 1 aliphatic rings. The molecule has 4 rings (SSSR count). The van der Waals surface area contributed by atoms with Crippen molar-refractivity contribution in [3.63, 3.8) is 0 Å². The molecular formula is C26H22ClNO4. The van der Waals surface area contributed by atoms with Crippen molar-refractivity contribution in [3.8, 4) is 5.75 Å². The number of halogens is 1. The smallest absolute Gasteiger partial charge is 0.300 e. The number of carbonyl (C=O) groups excluding carboxylic acids is 2. The number of aliphatic hydroxyl groups is 1. The number of aliphatic hydroxyl groups excluding tert-OH is 1. The second-order valence-corrected chi connectivity index (χ2v) is 7.90. The van der Waals surface area contributed by atoms with E-state index < -0.39 is 17.7 Å². The Morgan fingerprint density at radius 3 is 2.50 bits per heavy atom. The highest BCUT2D eigenvalue weighted by Crippen LogP contribution is 2.43. The number of amides is 1. The molecule has 0 aliphatic carbocycles. The Hall–Kier alpha value is -3.57. The maximum Gasteiger partial charge on any atom is 0.300 e. The van der Waals surface area contributed by atoms with E-state index in [2.05, 4.69) is 0 Å². The van der Waals surface area contributed by atoms with E-state index in [0.717, 1.165) is 11.1 Å². The van der Waals surface area contributed by atoms with E-state index in [1.807, 2.05) is 38.1 Å². The van der Waals surface area contributed by atoms with Crippen LogP contribution in [0.1, 0.15) is 29.7 Å². The largest absolute Gasteiger partial charge is 0.507 e. The van der Waals surface area contributed by atoms with Gasteiger partial charge in [-0.2, -0.15) is 0 Å². The van der Waals surface area contributed by atoms with E-state index in [1.54, 1.807) is 48.5 Å². The molecule has 1 heterocycles. The molecule has 1 aliphatic heterocycles. The molecular weight excluding hydrogens is 426 g/mol. The molecule has 6 heteroatoms. The zero-order valence-corrected chi connectivity index (χ0v) is 18.5. The molecule has 1 unspecified atom stereocenters. The minimum atomic E-state index is -0.799. The number of carbonyl (C=O) groups is 2. The van der Waals surface area contributed by atoms with Crippen LogP contribution in [0, 0.1) is 6.92 Å². The molecule has 1 saturated heterocycles. The Bertz CT molecular complexity index is 1230. The zero-order valence-electron chi connectivity index (χ0n) is 17.7. The van der Waals surface area contributed by atoms with Gasteiger partial charge in [-0.05, 0) is 49.2 Å². The van der Waals surface area contributed by atoms with Gasteiger partial charge >= 0.3 is 0 Å². The Labute approximate surface area is 191 Å². The molecule has 0 spiro atoms. The van der Waals surface area contributed by atoms with E-state index in [4.69, 9.17) is 16.3 Å². The summed E-state index contributed by atoms with van der Waals surface area (Å²) >= 11 is 6.10. The van der Waals surface area contributed by atoms with Crippen molar-refractivity contribution >= 4 is 34.7 Å². The van der Waals surface area contributed by atoms with Crippen molar-refractivity contribution in [2.45, 2.75) is 19.9 Å². The summed E-state index contributed by atoms with van der Waals surface area (Å²) in [5.41, 5.74) is 2.54. The van der Waals surface area contributed by atoms with Crippen LogP contribution in [0.3, 0.4) is 0 Å². The molecule has 5 nitrogen and oxygen atoms in total. The van der Waals surface area contributed by atoms with E-state index in [1.165, 1.54) is 4.90 Å². The number of ketones is 1. The lowest BCUT2D eigenvalue weighted by Gasteiger charge is -2.27. The Morgan fingerprint density at radius 2 is 1.78 bits per heavy atom. The second kappa shape index (κ2) is 8.89. The third-order valence-electron chi connectivity index (χ3n) is 5.43. The van der Waals surface area contributed by atoms with Crippen molar-refractivity contribution in [2.75, 3.05) is 11.5 Å². The van der Waals surface area contributed by atoms with E-state index in [9.17, 15) is 14.7 Å². The first-order chi connectivity index (χ1) is 15.4. The molecule has 162 valence electrons. The summed E-state index contributed by atoms with van der Waals surface area (Å²) in [4.78, 5) is 27.9. The molecule has 1 amide bonds. The third-order valence-corrected chi connectivity index (χ3v) is 5.67. The van der Waals surface area contributed by atoms with Gasteiger partial charge in [0.05, 0.1) is 18.2 Å². The monoisotopic (exact) mass is 447 g/mol. The summed E-state index contributed by atoms with van der Waals surface area (Å²) in [7, 11) is 0. The average molecular weight is 448 g/mol. The fourth-order valence-corrected chi connectivity index (χ4v) is 4.16. The summed E-state index contributed by atoms with van der Waals surface area (Å²) in [6, 6.07) is 20.3. The first-order valence-electron chi connectivity index (χ1n) is 10.3. The Kier molecular flexibility index (Phi) is 6.01. The number of benzene rings is 3. The van der Waals surface area contributed by atoms with Gasteiger partial charge in [0.1, 0.15) is 11.5 Å². The van der Waals surface area contributed by atoms with Gasteiger partial charge in [0.15, 0.2) is 0 Å². The Balaban J connectivity index is 1.95. The van der Waals surface area contributed by atoms with Gasteiger partial charge in [0.25, 0.3) is 11.7 Å². The van der Waals surface area contributed by atoms with Crippen LogP contribution in [0.2, 0.25) is 5.02 Å². The number of hydrogen-bond acceptors (Lipinski definition) is 4. The van der Waals surface area contributed by atoms with Crippen LogP contribution in [0.4, 0.5) is 5.69 Å². The minimum absolute atomic E-state index is 0.0216. The van der Waals surface area contributed by atoms with Crippen LogP contribution in [-0.2, 0) is 9.59 Å². The van der Waals surface area contributed by atoms with Gasteiger partial charge in [0.2, 0.25) is 0 Å². The van der Waals surface area contributed by atoms with E-state index >= 15 is 0 Å². The van der Waals surface area contributed by atoms with Gasteiger partial charge in [-0.25, -0.2) is 0 Å². The number of anilines is 1. The van der Waals surface area contributed by atoms with Crippen molar-refractivity contribution < 1.29 is 19.4 Å². The van der Waals surface area contributed by atoms with Crippen molar-refractivity contribution in [3.05, 3.63) is 100 Å². The maximum absolute atomic E-state index is 13.2. The molecule has 1 N–H and O–H groups in total. The fourth-order valence-electron chi connectivity index (χ4n) is 3.97. The lowest BCUT2D eigenvalue weighted by atomic mass is 9.92. The quantitative estimate of drug-likeness (QED) is 0.310. The van der Waals surface area contributed by atoms with Gasteiger partial charge in [-0.3, -0.25) is 14.5 Å². The standard InChI is InChI=1S/C26H22ClNO4/c1-3-32-20-12-7-11-19(15-20)28-23(21-13-5-4-8-16(21)2)22(25(30)26(28)31)24(29)17-9-6-10-18(27)14-17/h4-15,23,29H,3H2,1-2H3/b24-22+. The first kappa shape index (κ1) is 21.7. The minimum Gasteiger partial charge on any atom is -0.507 e. The van der Waals surface area contributed by atoms with Crippen molar-refractivity contribution in [2.24, 2.45) is 0 Å². The average Bonchev–Trinajstić information content (AvgIpc) is 3.04. The summed E-state index contributed by atoms with van der Waals surface area (Å²) in [5, 5.41) is 11.6. The van der Waals surface area contributed by atoms with Gasteiger partial charge in [-0.15, -0.1) is 0 Å². The predicted molar refractivity (Wildman–Crippen MR) is 125 cm³/mol. The molecule has 1 atom stereocenters. The highest BCUT2D eigenvalue weighted by molar-refractivity contribution is 6.51. The fraction of sp³-hybridized carbons (Fsp3) is 0.154. The topological polar surface area (TPSA) is 66.8 Å². The molecule has 0 radical (unpaired) electrons. The normalized spacial score (nSPS) is 17.6. The van der Waals surface area contributed by atoms with Crippen molar-refractivity contribution in [1.29, 1.82) is 0 Å². The van der Waals surface area contributed by atoms with Crippen molar-refractivity contribution in [1.82, 2.24) is 0 Å². The van der Waals surface area contributed by atoms with Crippen LogP contribution in [-0.4, -0.2) is 23.4 Å². The lowest BCUT2D eigenvalue weighted by molar-refractivity contribution is -0.132. The van der Waals surface area contributed by atoms with Crippen LogP contribution in [0.5, 0.6) is 5.75 Å². The molecule has 3 aromatic carbocycles. The van der Waals surface area contributed by atoms with Gasteiger partial charge in [0, 0.05) is 22.3 Å². The van der Waals surface area contributed by atoms with Crippen LogP contribution in [0.25, 0.3) is 5.76 Å². The zero-order chi connectivity index (χ0) is 22.8. The first-order valence-corrected chi connectivity index (χ1v) is 10.7. The number of hydrogen-bond donors (Lipinski definition) is 1. The predicted octanol–water partition coefficient (Wildman–Crippen LogP) is 5.67. The number of nitrogens with zero attached hydrogens (tertiary/aromatic N) is 1. The number of rotatable bonds is 5. The number of ether oxygens (including phenoxy) is 1. The number of aryl methyl sites for hydroxylation is 1. The molecule has 1 fully saturated rings. The molecule has 32 heavy (non-hydrogen) atoms. The summed E-state index contributed by atoms with van der Waals surface area (Å²) < 4.78 is 5.59. The van der Waals surface area contributed by atoms with E-state index in [0.29, 0.717) is 28.6 Å². The highest BCUT2D eigenvalue weighted by atomic mass is 35.5.